The molecule has 0 saturated heterocycles. The first-order valence-electron chi connectivity index (χ1n) is 7.00. The van der Waals surface area contributed by atoms with Gasteiger partial charge in [-0.3, -0.25) is 0 Å². The third-order valence-corrected chi connectivity index (χ3v) is 3.59. The lowest BCUT2D eigenvalue weighted by Crippen LogP contribution is -2.08. The summed E-state index contributed by atoms with van der Waals surface area (Å²) in [6.45, 7) is 8.11. The zero-order chi connectivity index (χ0) is 15.6. The molecule has 0 saturated carbocycles. The minimum atomic E-state index is -0.621. The molecule has 0 aliphatic rings. The Labute approximate surface area is 123 Å². The van der Waals surface area contributed by atoms with Crippen LogP contribution in [-0.4, -0.2) is 16.7 Å². The van der Waals surface area contributed by atoms with E-state index >= 15 is 0 Å². The summed E-state index contributed by atoms with van der Waals surface area (Å²) in [6, 6.07) is 2.68. The third-order valence-electron chi connectivity index (χ3n) is 3.59. The van der Waals surface area contributed by atoms with Crippen LogP contribution in [0.4, 0.5) is 14.6 Å². The highest BCUT2D eigenvalue weighted by Crippen LogP contribution is 2.31. The molecule has 112 valence electrons. The predicted molar refractivity (Wildman–Crippen MR) is 80.4 cm³/mol. The summed E-state index contributed by atoms with van der Waals surface area (Å²) in [4.78, 5) is 0. The first kappa shape index (κ1) is 15.4. The van der Waals surface area contributed by atoms with Crippen LogP contribution in [0.2, 0.25) is 0 Å². The van der Waals surface area contributed by atoms with E-state index < -0.39 is 11.6 Å². The smallest absolute Gasteiger partial charge is 0.151 e. The van der Waals surface area contributed by atoms with Crippen molar-refractivity contribution in [2.45, 2.75) is 34.1 Å². The van der Waals surface area contributed by atoms with Crippen molar-refractivity contribution in [1.29, 1.82) is 0 Å². The second-order valence-electron chi connectivity index (χ2n) is 5.13. The molecule has 0 fully saturated rings. The molecule has 0 amide bonds. The molecule has 21 heavy (non-hydrogen) atoms. The Hall–Kier alpha value is -2.04. The number of hydrogen-bond donors (Lipinski definition) is 1. The number of hydrogen-bond acceptors (Lipinski definition) is 3. The lowest BCUT2D eigenvalue weighted by atomic mass is 10.0. The first-order valence-corrected chi connectivity index (χ1v) is 7.00. The summed E-state index contributed by atoms with van der Waals surface area (Å²) in [6.07, 6.45) is 0.961. The van der Waals surface area contributed by atoms with Gasteiger partial charge in [0.25, 0.3) is 0 Å². The van der Waals surface area contributed by atoms with E-state index in [9.17, 15) is 8.78 Å². The lowest BCUT2D eigenvalue weighted by molar-refractivity contribution is 0.582. The molecule has 1 heterocycles. The zero-order valence-electron chi connectivity index (χ0n) is 12.7. The fourth-order valence-corrected chi connectivity index (χ4v) is 2.13. The summed E-state index contributed by atoms with van der Waals surface area (Å²) in [5.74, 6) is -0.545. The highest BCUT2D eigenvalue weighted by atomic mass is 19.1. The summed E-state index contributed by atoms with van der Waals surface area (Å²) in [5, 5.41) is 11.3. The molecule has 0 spiro atoms. The van der Waals surface area contributed by atoms with E-state index in [-0.39, 0.29) is 11.3 Å². The Morgan fingerprint density at radius 2 is 1.76 bits per heavy atom. The van der Waals surface area contributed by atoms with Gasteiger partial charge in [-0.1, -0.05) is 13.0 Å². The number of aromatic nitrogens is 2. The number of nitrogens with one attached hydrogen (secondary N) is 1. The van der Waals surface area contributed by atoms with Crippen LogP contribution < -0.4 is 5.32 Å². The number of halogens is 2. The molecular formula is C16H19F2N3. The van der Waals surface area contributed by atoms with Gasteiger partial charge in [0, 0.05) is 6.54 Å². The Balaban J connectivity index is 2.56. The van der Waals surface area contributed by atoms with Crippen molar-refractivity contribution < 1.29 is 8.78 Å². The highest BCUT2D eigenvalue weighted by Gasteiger charge is 2.19. The average Bonchev–Trinajstić information content (AvgIpc) is 2.47. The van der Waals surface area contributed by atoms with E-state index in [1.165, 1.54) is 12.1 Å². The van der Waals surface area contributed by atoms with Crippen molar-refractivity contribution in [3.8, 4) is 11.3 Å². The van der Waals surface area contributed by atoms with Crippen LogP contribution in [0.3, 0.4) is 0 Å². The zero-order valence-corrected chi connectivity index (χ0v) is 12.7. The maximum absolute atomic E-state index is 14.2. The molecule has 1 aromatic heterocycles. The van der Waals surface area contributed by atoms with E-state index in [2.05, 4.69) is 22.4 Å². The van der Waals surface area contributed by atoms with Crippen LogP contribution in [0, 0.1) is 32.4 Å². The highest BCUT2D eigenvalue weighted by molar-refractivity contribution is 5.68. The summed E-state index contributed by atoms with van der Waals surface area (Å²) in [5.41, 5.74) is 2.12. The molecule has 0 aliphatic heterocycles. The third kappa shape index (κ3) is 2.86. The van der Waals surface area contributed by atoms with E-state index in [1.807, 2.05) is 6.92 Å². The fraction of sp³-hybridized carbons (Fsp3) is 0.375. The molecule has 0 unspecified atom stereocenters. The van der Waals surface area contributed by atoms with Crippen LogP contribution >= 0.6 is 0 Å². The monoisotopic (exact) mass is 291 g/mol. The maximum Gasteiger partial charge on any atom is 0.151 e. The van der Waals surface area contributed by atoms with Gasteiger partial charge in [0.2, 0.25) is 0 Å². The van der Waals surface area contributed by atoms with Crippen LogP contribution in [-0.2, 0) is 0 Å². The minimum Gasteiger partial charge on any atom is -0.368 e. The van der Waals surface area contributed by atoms with Gasteiger partial charge in [-0.05, 0) is 49.9 Å². The number of nitrogens with zero attached hydrogens (tertiary/aromatic N) is 2. The van der Waals surface area contributed by atoms with Crippen LogP contribution in [0.5, 0.6) is 0 Å². The molecule has 0 bridgehead atoms. The molecule has 1 aromatic carbocycles. The van der Waals surface area contributed by atoms with Crippen LogP contribution in [0.1, 0.15) is 30.0 Å². The molecule has 2 aromatic rings. The maximum atomic E-state index is 14.2. The molecule has 0 radical (unpaired) electrons. The predicted octanol–water partition coefficient (Wildman–Crippen LogP) is 4.17. The average molecular weight is 291 g/mol. The van der Waals surface area contributed by atoms with Gasteiger partial charge in [-0.2, -0.15) is 0 Å². The van der Waals surface area contributed by atoms with Gasteiger partial charge in [-0.25, -0.2) is 8.78 Å². The Kier molecular flexibility index (Phi) is 4.50. The van der Waals surface area contributed by atoms with Crippen molar-refractivity contribution in [2.24, 2.45) is 0 Å². The Morgan fingerprint density at radius 1 is 1.05 bits per heavy atom. The number of rotatable bonds is 4. The molecule has 5 heteroatoms. The molecule has 1 N–H and O–H groups in total. The Bertz CT molecular complexity index is 669. The van der Waals surface area contributed by atoms with Crippen molar-refractivity contribution in [3.63, 3.8) is 0 Å². The number of aryl methyl sites for hydroxylation is 1. The van der Waals surface area contributed by atoms with E-state index in [0.717, 1.165) is 24.1 Å². The largest absolute Gasteiger partial charge is 0.368 e. The number of benzene rings is 1. The van der Waals surface area contributed by atoms with Crippen molar-refractivity contribution in [3.05, 3.63) is 40.5 Å². The fourth-order valence-electron chi connectivity index (χ4n) is 2.13. The van der Waals surface area contributed by atoms with Gasteiger partial charge in [-0.15, -0.1) is 10.2 Å². The van der Waals surface area contributed by atoms with Gasteiger partial charge in [0.15, 0.2) is 5.82 Å². The molecule has 0 aliphatic carbocycles. The van der Waals surface area contributed by atoms with Crippen molar-refractivity contribution in [1.82, 2.24) is 10.2 Å². The summed E-state index contributed by atoms with van der Waals surface area (Å²) >= 11 is 0. The normalized spacial score (nSPS) is 10.8. The summed E-state index contributed by atoms with van der Waals surface area (Å²) < 4.78 is 28.2. The SMILES string of the molecule is CCCNc1nnc(-c2c(F)ccc(C)c2F)c(C)c1C. The van der Waals surface area contributed by atoms with Crippen molar-refractivity contribution >= 4 is 5.82 Å². The lowest BCUT2D eigenvalue weighted by Gasteiger charge is -2.14. The topological polar surface area (TPSA) is 37.8 Å². The molecular weight excluding hydrogens is 272 g/mol. The van der Waals surface area contributed by atoms with Crippen LogP contribution in [0.25, 0.3) is 11.3 Å². The Morgan fingerprint density at radius 3 is 2.43 bits per heavy atom. The minimum absolute atomic E-state index is 0.106. The summed E-state index contributed by atoms with van der Waals surface area (Å²) in [7, 11) is 0. The second-order valence-corrected chi connectivity index (χ2v) is 5.13. The van der Waals surface area contributed by atoms with Gasteiger partial charge >= 0.3 is 0 Å². The first-order chi connectivity index (χ1) is 9.97. The van der Waals surface area contributed by atoms with Gasteiger partial charge < -0.3 is 5.32 Å². The molecule has 2 rings (SSSR count). The quantitative estimate of drug-likeness (QED) is 0.918. The molecule has 0 atom stereocenters. The van der Waals surface area contributed by atoms with Gasteiger partial charge in [0.1, 0.15) is 17.3 Å². The second kappa shape index (κ2) is 6.16. The van der Waals surface area contributed by atoms with Crippen molar-refractivity contribution in [2.75, 3.05) is 11.9 Å². The van der Waals surface area contributed by atoms with E-state index in [4.69, 9.17) is 0 Å². The van der Waals surface area contributed by atoms with Crippen LogP contribution in [0.15, 0.2) is 12.1 Å². The number of anilines is 1. The molecule has 3 nitrogen and oxygen atoms in total. The van der Waals surface area contributed by atoms with Gasteiger partial charge in [0.05, 0.1) is 5.56 Å². The van der Waals surface area contributed by atoms with E-state index in [0.29, 0.717) is 11.4 Å². The van der Waals surface area contributed by atoms with E-state index in [1.54, 1.807) is 13.8 Å². The standard InChI is InChI=1S/C16H19F2N3/c1-5-8-19-16-11(4)10(3)15(20-21-16)13-12(17)7-6-9(2)14(13)18/h6-7H,5,8H2,1-4H3,(H,19,21).